The first kappa shape index (κ1) is 16.1. The Morgan fingerprint density at radius 2 is 1.78 bits per heavy atom. The number of benzene rings is 1. The Bertz CT molecular complexity index is 582. The van der Waals surface area contributed by atoms with Gasteiger partial charge in [0.15, 0.2) is 0 Å². The average molecular weight is 336 g/mol. The molecule has 6 heteroatoms. The first-order chi connectivity index (χ1) is 11.0. The highest BCUT2D eigenvalue weighted by Gasteiger charge is 2.36. The van der Waals surface area contributed by atoms with E-state index in [1.165, 1.54) is 0 Å². The number of amides is 3. The van der Waals surface area contributed by atoms with Gasteiger partial charge in [0.05, 0.1) is 0 Å². The fourth-order valence-corrected chi connectivity index (χ4v) is 3.82. The van der Waals surface area contributed by atoms with Crippen LogP contribution in [0.2, 0.25) is 5.02 Å². The molecule has 1 aromatic carbocycles. The lowest BCUT2D eigenvalue weighted by molar-refractivity contribution is -0.119. The van der Waals surface area contributed by atoms with Crippen molar-refractivity contribution in [3.05, 3.63) is 29.3 Å². The van der Waals surface area contributed by atoms with Crippen LogP contribution >= 0.6 is 11.6 Å². The van der Waals surface area contributed by atoms with Crippen LogP contribution in [0.3, 0.4) is 0 Å². The van der Waals surface area contributed by atoms with Crippen LogP contribution in [-0.4, -0.2) is 36.0 Å². The number of carbonyl (C=O) groups is 2. The molecule has 124 valence electrons. The van der Waals surface area contributed by atoms with Crippen molar-refractivity contribution in [2.45, 2.75) is 38.1 Å². The Morgan fingerprint density at radius 3 is 2.39 bits per heavy atom. The van der Waals surface area contributed by atoms with Crippen molar-refractivity contribution in [3.63, 3.8) is 0 Å². The largest absolute Gasteiger partial charge is 0.370 e. The number of nitrogens with two attached hydrogens (primary N) is 1. The van der Waals surface area contributed by atoms with Crippen molar-refractivity contribution in [1.29, 1.82) is 0 Å². The second-order valence-corrected chi connectivity index (χ2v) is 6.89. The van der Waals surface area contributed by atoms with Crippen molar-refractivity contribution >= 4 is 29.2 Å². The van der Waals surface area contributed by atoms with Crippen molar-refractivity contribution in [1.82, 2.24) is 4.90 Å². The molecule has 0 aromatic heterocycles. The standard InChI is InChI=1S/C17H22ClN3O2/c18-13-3-7-15(8-4-13)21-10-9-20(17(21)23)14-5-1-12(2-6-14)11-16(19)22/h3-4,7-8,12,14H,1-2,5-6,9-11H2,(H2,19,22). The summed E-state index contributed by atoms with van der Waals surface area (Å²) in [5.74, 6) is 0.161. The van der Waals surface area contributed by atoms with Crippen LogP contribution in [0.4, 0.5) is 10.5 Å². The summed E-state index contributed by atoms with van der Waals surface area (Å²) in [6.45, 7) is 1.47. The molecule has 1 heterocycles. The summed E-state index contributed by atoms with van der Waals surface area (Å²) in [4.78, 5) is 27.5. The maximum atomic E-state index is 12.7. The van der Waals surface area contributed by atoms with Gasteiger partial charge in [-0.3, -0.25) is 9.69 Å². The highest BCUT2D eigenvalue weighted by Crippen LogP contribution is 2.32. The maximum absolute atomic E-state index is 12.7. The number of primary amides is 1. The average Bonchev–Trinajstić information content (AvgIpc) is 2.90. The van der Waals surface area contributed by atoms with Crippen molar-refractivity contribution in [2.24, 2.45) is 11.7 Å². The zero-order valence-electron chi connectivity index (χ0n) is 13.1. The van der Waals surface area contributed by atoms with Gasteiger partial charge in [-0.15, -0.1) is 0 Å². The van der Waals surface area contributed by atoms with Crippen molar-refractivity contribution in [3.8, 4) is 0 Å². The van der Waals surface area contributed by atoms with Gasteiger partial charge in [0.1, 0.15) is 0 Å². The first-order valence-corrected chi connectivity index (χ1v) is 8.54. The highest BCUT2D eigenvalue weighted by atomic mass is 35.5. The summed E-state index contributed by atoms with van der Waals surface area (Å²) in [5, 5.41) is 0.671. The lowest BCUT2D eigenvalue weighted by Crippen LogP contribution is -2.41. The molecule has 0 atom stereocenters. The summed E-state index contributed by atoms with van der Waals surface area (Å²) in [5.41, 5.74) is 6.17. The second-order valence-electron chi connectivity index (χ2n) is 6.45. The molecule has 2 fully saturated rings. The third kappa shape index (κ3) is 3.61. The number of rotatable bonds is 4. The third-order valence-electron chi connectivity index (χ3n) is 4.93. The van der Waals surface area contributed by atoms with Gasteiger partial charge < -0.3 is 10.6 Å². The molecule has 1 aliphatic carbocycles. The number of urea groups is 1. The van der Waals surface area contributed by atoms with Gasteiger partial charge >= 0.3 is 6.03 Å². The van der Waals surface area contributed by atoms with E-state index in [4.69, 9.17) is 17.3 Å². The van der Waals surface area contributed by atoms with Gasteiger partial charge in [-0.05, 0) is 55.9 Å². The van der Waals surface area contributed by atoms with Gasteiger partial charge in [0.25, 0.3) is 0 Å². The molecular formula is C17H22ClN3O2. The molecular weight excluding hydrogens is 314 g/mol. The molecule has 1 aliphatic heterocycles. The molecule has 1 saturated carbocycles. The summed E-state index contributed by atoms with van der Waals surface area (Å²) < 4.78 is 0. The Kier molecular flexibility index (Phi) is 4.76. The van der Waals surface area contributed by atoms with Gasteiger partial charge in [-0.1, -0.05) is 11.6 Å². The highest BCUT2D eigenvalue weighted by molar-refractivity contribution is 6.30. The quantitative estimate of drug-likeness (QED) is 0.919. The molecule has 3 rings (SSSR count). The minimum atomic E-state index is -0.223. The smallest absolute Gasteiger partial charge is 0.324 e. The van der Waals surface area contributed by atoms with Crippen LogP contribution in [0, 0.1) is 5.92 Å². The molecule has 5 nitrogen and oxygen atoms in total. The van der Waals surface area contributed by atoms with E-state index in [-0.39, 0.29) is 18.0 Å². The van der Waals surface area contributed by atoms with Gasteiger partial charge in [-0.25, -0.2) is 4.79 Å². The molecule has 0 bridgehead atoms. The molecule has 2 aliphatic rings. The molecule has 0 spiro atoms. The molecule has 23 heavy (non-hydrogen) atoms. The van der Waals surface area contributed by atoms with Crippen LogP contribution < -0.4 is 10.6 Å². The Balaban J connectivity index is 1.59. The number of hydrogen-bond donors (Lipinski definition) is 1. The van der Waals surface area contributed by atoms with Crippen molar-refractivity contribution in [2.75, 3.05) is 18.0 Å². The number of hydrogen-bond acceptors (Lipinski definition) is 2. The van der Waals surface area contributed by atoms with Gasteiger partial charge in [0, 0.05) is 36.3 Å². The van der Waals surface area contributed by atoms with Crippen LogP contribution in [-0.2, 0) is 4.79 Å². The van der Waals surface area contributed by atoms with E-state index in [0.717, 1.165) is 37.9 Å². The van der Waals surface area contributed by atoms with Crippen LogP contribution in [0.15, 0.2) is 24.3 Å². The number of nitrogens with zero attached hydrogens (tertiary/aromatic N) is 2. The number of carbonyl (C=O) groups excluding carboxylic acids is 2. The summed E-state index contributed by atoms with van der Waals surface area (Å²) in [7, 11) is 0. The predicted molar refractivity (Wildman–Crippen MR) is 90.5 cm³/mol. The summed E-state index contributed by atoms with van der Waals surface area (Å²) in [6.07, 6.45) is 4.32. The Hall–Kier alpha value is -1.75. The lowest BCUT2D eigenvalue weighted by Gasteiger charge is -2.34. The predicted octanol–water partition coefficient (Wildman–Crippen LogP) is 3.02. The normalized spacial score (nSPS) is 25.0. The van der Waals surface area contributed by atoms with E-state index in [2.05, 4.69) is 0 Å². The van der Waals surface area contributed by atoms with Crippen LogP contribution in [0.5, 0.6) is 0 Å². The van der Waals surface area contributed by atoms with Crippen molar-refractivity contribution < 1.29 is 9.59 Å². The zero-order valence-corrected chi connectivity index (χ0v) is 13.8. The van der Waals surface area contributed by atoms with Crippen LogP contribution in [0.1, 0.15) is 32.1 Å². The maximum Gasteiger partial charge on any atom is 0.324 e. The van der Waals surface area contributed by atoms with Gasteiger partial charge in [-0.2, -0.15) is 0 Å². The molecule has 1 saturated heterocycles. The van der Waals surface area contributed by atoms with E-state index < -0.39 is 0 Å². The molecule has 2 N–H and O–H groups in total. The lowest BCUT2D eigenvalue weighted by atomic mass is 9.83. The molecule has 0 unspecified atom stereocenters. The van der Waals surface area contributed by atoms with E-state index in [1.807, 2.05) is 34.1 Å². The summed E-state index contributed by atoms with van der Waals surface area (Å²) >= 11 is 5.91. The summed E-state index contributed by atoms with van der Waals surface area (Å²) in [6, 6.07) is 7.74. The zero-order chi connectivity index (χ0) is 16.4. The molecule has 3 amide bonds. The third-order valence-corrected chi connectivity index (χ3v) is 5.18. The van der Waals surface area contributed by atoms with E-state index in [0.29, 0.717) is 23.9 Å². The second kappa shape index (κ2) is 6.79. The van der Waals surface area contributed by atoms with E-state index >= 15 is 0 Å². The Morgan fingerprint density at radius 1 is 1.13 bits per heavy atom. The Labute approximate surface area is 141 Å². The van der Waals surface area contributed by atoms with Gasteiger partial charge in [0.2, 0.25) is 5.91 Å². The van der Waals surface area contributed by atoms with E-state index in [1.54, 1.807) is 0 Å². The minimum Gasteiger partial charge on any atom is -0.370 e. The number of halogens is 1. The first-order valence-electron chi connectivity index (χ1n) is 8.16. The molecule has 0 radical (unpaired) electrons. The monoisotopic (exact) mass is 335 g/mol. The SMILES string of the molecule is NC(=O)CC1CCC(N2CCN(c3ccc(Cl)cc3)C2=O)CC1. The van der Waals surface area contributed by atoms with Crippen LogP contribution in [0.25, 0.3) is 0 Å². The van der Waals surface area contributed by atoms with E-state index in [9.17, 15) is 9.59 Å². The fraction of sp³-hybridized carbons (Fsp3) is 0.529. The number of anilines is 1. The fourth-order valence-electron chi connectivity index (χ4n) is 3.70. The minimum absolute atomic E-state index is 0.0747. The topological polar surface area (TPSA) is 66.6 Å². The molecule has 1 aromatic rings.